The molecule has 1 aliphatic rings. The molecule has 0 aliphatic carbocycles. The van der Waals surface area contributed by atoms with Crippen LogP contribution in [-0.2, 0) is 0 Å². The van der Waals surface area contributed by atoms with Crippen molar-refractivity contribution in [3.05, 3.63) is 53.3 Å². The van der Waals surface area contributed by atoms with Crippen molar-refractivity contribution >= 4 is 0 Å². The monoisotopic (exact) mass is 341 g/mol. The summed E-state index contributed by atoms with van der Waals surface area (Å²) in [4.78, 5) is 7.19. The molecule has 1 unspecified atom stereocenters. The summed E-state index contributed by atoms with van der Waals surface area (Å²) < 4.78 is 11.2. The van der Waals surface area contributed by atoms with Crippen LogP contribution >= 0.6 is 0 Å². The Morgan fingerprint density at radius 1 is 1.16 bits per heavy atom. The zero-order valence-corrected chi connectivity index (χ0v) is 15.3. The number of piperazine rings is 1. The number of aryl methyl sites for hydroxylation is 1. The maximum Gasteiger partial charge on any atom is 0.161 e. The first-order chi connectivity index (χ1) is 12.2. The molecule has 134 valence electrons. The van der Waals surface area contributed by atoms with Gasteiger partial charge in [-0.15, -0.1) is 0 Å². The van der Waals surface area contributed by atoms with E-state index in [1.807, 2.05) is 19.2 Å². The molecule has 5 nitrogen and oxygen atoms in total. The van der Waals surface area contributed by atoms with Gasteiger partial charge in [-0.1, -0.05) is 12.1 Å². The van der Waals surface area contributed by atoms with Crippen molar-refractivity contribution in [1.29, 1.82) is 0 Å². The Kier molecular flexibility index (Phi) is 5.89. The topological polar surface area (TPSA) is 46.6 Å². The first kappa shape index (κ1) is 17.7. The Hall–Kier alpha value is -2.11. The predicted octanol–water partition coefficient (Wildman–Crippen LogP) is 2.79. The molecular formula is C20H27N3O2. The molecule has 1 N–H and O–H groups in total. The molecule has 5 heteroatoms. The van der Waals surface area contributed by atoms with Crippen molar-refractivity contribution in [2.75, 3.05) is 39.9 Å². The SMILES string of the molecule is CCOc1ccc(C(c2ccc(C)cn2)N2CCNCC2)cc1OC. The van der Waals surface area contributed by atoms with E-state index in [2.05, 4.69) is 41.4 Å². The highest BCUT2D eigenvalue weighted by atomic mass is 16.5. The minimum atomic E-state index is 0.118. The molecule has 0 amide bonds. The van der Waals surface area contributed by atoms with Crippen molar-refractivity contribution in [1.82, 2.24) is 15.2 Å². The van der Waals surface area contributed by atoms with Crippen molar-refractivity contribution < 1.29 is 9.47 Å². The molecule has 0 bridgehead atoms. The molecule has 1 fully saturated rings. The third-order valence-corrected chi connectivity index (χ3v) is 4.53. The summed E-state index contributed by atoms with van der Waals surface area (Å²) in [6.07, 6.45) is 1.94. The van der Waals surface area contributed by atoms with Crippen LogP contribution in [0, 0.1) is 6.92 Å². The van der Waals surface area contributed by atoms with Gasteiger partial charge in [-0.2, -0.15) is 0 Å². The molecule has 2 aromatic rings. The molecule has 0 spiro atoms. The summed E-state index contributed by atoms with van der Waals surface area (Å²) in [5.41, 5.74) is 3.42. The summed E-state index contributed by atoms with van der Waals surface area (Å²) in [5.74, 6) is 1.55. The Labute approximate surface area is 150 Å². The van der Waals surface area contributed by atoms with Crippen LogP contribution in [0.25, 0.3) is 0 Å². The molecule has 3 rings (SSSR count). The lowest BCUT2D eigenvalue weighted by atomic mass is 9.99. The number of nitrogens with one attached hydrogen (secondary N) is 1. The van der Waals surface area contributed by atoms with Crippen molar-refractivity contribution in [3.8, 4) is 11.5 Å². The van der Waals surface area contributed by atoms with Crippen molar-refractivity contribution in [3.63, 3.8) is 0 Å². The highest BCUT2D eigenvalue weighted by Gasteiger charge is 2.26. The number of aromatic nitrogens is 1. The molecule has 25 heavy (non-hydrogen) atoms. The Morgan fingerprint density at radius 2 is 1.96 bits per heavy atom. The smallest absolute Gasteiger partial charge is 0.161 e. The van der Waals surface area contributed by atoms with E-state index >= 15 is 0 Å². The van der Waals surface area contributed by atoms with Crippen molar-refractivity contribution in [2.45, 2.75) is 19.9 Å². The molecule has 0 radical (unpaired) electrons. The van der Waals surface area contributed by atoms with E-state index in [0.29, 0.717) is 6.61 Å². The zero-order chi connectivity index (χ0) is 17.6. The van der Waals surface area contributed by atoms with E-state index in [1.54, 1.807) is 7.11 Å². The predicted molar refractivity (Wildman–Crippen MR) is 99.4 cm³/mol. The third kappa shape index (κ3) is 4.11. The fourth-order valence-corrected chi connectivity index (χ4v) is 3.28. The van der Waals surface area contributed by atoms with Gasteiger partial charge in [0.15, 0.2) is 11.5 Å². The van der Waals surface area contributed by atoms with Gasteiger partial charge in [-0.3, -0.25) is 9.88 Å². The number of ether oxygens (including phenoxy) is 2. The second-order valence-corrected chi connectivity index (χ2v) is 6.29. The lowest BCUT2D eigenvalue weighted by Crippen LogP contribution is -2.45. The summed E-state index contributed by atoms with van der Waals surface area (Å²) in [6, 6.07) is 10.6. The molecule has 1 atom stereocenters. The number of methoxy groups -OCH3 is 1. The van der Waals surface area contributed by atoms with Crippen LogP contribution in [0.3, 0.4) is 0 Å². The van der Waals surface area contributed by atoms with Crippen LogP contribution in [0.1, 0.15) is 29.8 Å². The van der Waals surface area contributed by atoms with Crippen molar-refractivity contribution in [2.24, 2.45) is 0 Å². The molecular weight excluding hydrogens is 314 g/mol. The first-order valence-corrected chi connectivity index (χ1v) is 8.91. The van der Waals surface area contributed by atoms with Crippen LogP contribution in [0.4, 0.5) is 0 Å². The average Bonchev–Trinajstić information content (AvgIpc) is 2.65. The highest BCUT2D eigenvalue weighted by molar-refractivity contribution is 5.45. The number of hydrogen-bond donors (Lipinski definition) is 1. The molecule has 1 aromatic carbocycles. The molecule has 0 saturated carbocycles. The van der Waals surface area contributed by atoms with Gasteiger partial charge < -0.3 is 14.8 Å². The van der Waals surface area contributed by atoms with Gasteiger partial charge in [0.05, 0.1) is 25.5 Å². The second-order valence-electron chi connectivity index (χ2n) is 6.29. The number of rotatable bonds is 6. The number of pyridine rings is 1. The summed E-state index contributed by atoms with van der Waals surface area (Å²) >= 11 is 0. The number of nitrogens with zero attached hydrogens (tertiary/aromatic N) is 2. The van der Waals surface area contributed by atoms with Gasteiger partial charge in [0.2, 0.25) is 0 Å². The molecule has 1 aliphatic heterocycles. The summed E-state index contributed by atoms with van der Waals surface area (Å²) in [7, 11) is 1.69. The van der Waals surface area contributed by atoms with Crippen LogP contribution in [0.15, 0.2) is 36.5 Å². The van der Waals surface area contributed by atoms with E-state index in [4.69, 9.17) is 14.5 Å². The van der Waals surface area contributed by atoms with E-state index < -0.39 is 0 Å². The van der Waals surface area contributed by atoms with Crippen LogP contribution in [-0.4, -0.2) is 49.8 Å². The van der Waals surface area contributed by atoms with Crippen LogP contribution < -0.4 is 14.8 Å². The third-order valence-electron chi connectivity index (χ3n) is 4.53. The maximum absolute atomic E-state index is 5.67. The zero-order valence-electron chi connectivity index (χ0n) is 15.3. The minimum absolute atomic E-state index is 0.118. The maximum atomic E-state index is 5.67. The average molecular weight is 341 g/mol. The fourth-order valence-electron chi connectivity index (χ4n) is 3.28. The molecule has 1 saturated heterocycles. The normalized spacial score (nSPS) is 16.4. The van der Waals surface area contributed by atoms with Gasteiger partial charge in [-0.25, -0.2) is 0 Å². The summed E-state index contributed by atoms with van der Waals surface area (Å²) in [5, 5.41) is 3.42. The quantitative estimate of drug-likeness (QED) is 0.875. The minimum Gasteiger partial charge on any atom is -0.493 e. The highest BCUT2D eigenvalue weighted by Crippen LogP contribution is 2.35. The fraction of sp³-hybridized carbons (Fsp3) is 0.450. The van der Waals surface area contributed by atoms with Gasteiger partial charge in [0.25, 0.3) is 0 Å². The van der Waals surface area contributed by atoms with E-state index in [9.17, 15) is 0 Å². The second kappa shape index (κ2) is 8.32. The first-order valence-electron chi connectivity index (χ1n) is 8.91. The molecule has 2 heterocycles. The lowest BCUT2D eigenvalue weighted by molar-refractivity contribution is 0.195. The van der Waals surface area contributed by atoms with E-state index in [0.717, 1.165) is 43.4 Å². The lowest BCUT2D eigenvalue weighted by Gasteiger charge is -2.35. The van der Waals surface area contributed by atoms with Gasteiger partial charge >= 0.3 is 0 Å². The van der Waals surface area contributed by atoms with E-state index in [1.165, 1.54) is 11.1 Å². The van der Waals surface area contributed by atoms with E-state index in [-0.39, 0.29) is 6.04 Å². The number of benzene rings is 1. The Balaban J connectivity index is 1.99. The van der Waals surface area contributed by atoms with Gasteiger partial charge in [0, 0.05) is 32.4 Å². The standard InChI is InChI=1S/C20H27N3O2/c1-4-25-18-8-6-16(13-19(18)24-3)20(23-11-9-21-10-12-23)17-7-5-15(2)14-22-17/h5-8,13-14,20-21H,4,9-12H2,1-3H3. The van der Waals surface area contributed by atoms with Crippen LogP contribution in [0.5, 0.6) is 11.5 Å². The number of hydrogen-bond acceptors (Lipinski definition) is 5. The Morgan fingerprint density at radius 3 is 2.60 bits per heavy atom. The molecule has 1 aromatic heterocycles. The largest absolute Gasteiger partial charge is 0.493 e. The van der Waals surface area contributed by atoms with Gasteiger partial charge in [0.1, 0.15) is 0 Å². The van der Waals surface area contributed by atoms with Gasteiger partial charge in [-0.05, 0) is 43.2 Å². The van der Waals surface area contributed by atoms with Crippen LogP contribution in [0.2, 0.25) is 0 Å². The summed E-state index contributed by atoms with van der Waals surface area (Å²) in [6.45, 7) is 8.65. The Bertz CT molecular complexity index is 682.